The number of rotatable bonds is 2. The minimum Gasteiger partial charge on any atom is -0.291 e. The van der Waals surface area contributed by atoms with E-state index in [9.17, 15) is 4.79 Å². The van der Waals surface area contributed by atoms with E-state index in [-0.39, 0.29) is 5.56 Å². The Morgan fingerprint density at radius 3 is 2.38 bits per heavy atom. The predicted octanol–water partition coefficient (Wildman–Crippen LogP) is 2.06. The molecular formula is C17H13ClN2O. The highest BCUT2D eigenvalue weighted by atomic mass is 35.5. The highest BCUT2D eigenvalue weighted by Gasteiger charge is 2.03. The zero-order valence-corrected chi connectivity index (χ0v) is 12.0. The second kappa shape index (κ2) is 5.46. The molecule has 0 spiro atoms. The number of H-pyrrole nitrogens is 1. The van der Waals surface area contributed by atoms with Crippen molar-refractivity contribution in [3.8, 4) is 5.69 Å². The first kappa shape index (κ1) is 13.5. The molecule has 1 heterocycles. The van der Waals surface area contributed by atoms with Crippen molar-refractivity contribution in [2.24, 2.45) is 0 Å². The Labute approximate surface area is 126 Å². The Hall–Kier alpha value is -2.52. The molecule has 0 amide bonds. The van der Waals surface area contributed by atoms with Gasteiger partial charge < -0.3 is 0 Å². The minimum atomic E-state index is -0.124. The van der Waals surface area contributed by atoms with Crippen LogP contribution >= 0.6 is 11.6 Å². The molecule has 3 nitrogen and oxygen atoms in total. The monoisotopic (exact) mass is 296 g/mol. The highest BCUT2D eigenvalue weighted by Crippen LogP contribution is 2.09. The molecule has 21 heavy (non-hydrogen) atoms. The van der Waals surface area contributed by atoms with Crippen molar-refractivity contribution in [3.05, 3.63) is 86.1 Å². The second-order valence-corrected chi connectivity index (χ2v) is 5.11. The second-order valence-electron chi connectivity index (χ2n) is 4.68. The van der Waals surface area contributed by atoms with Gasteiger partial charge in [-0.15, -0.1) is 0 Å². The van der Waals surface area contributed by atoms with Gasteiger partial charge in [0.15, 0.2) is 0 Å². The number of halogens is 1. The van der Waals surface area contributed by atoms with Gasteiger partial charge in [-0.1, -0.05) is 48.5 Å². The van der Waals surface area contributed by atoms with Crippen LogP contribution in [0.15, 0.2) is 59.4 Å². The van der Waals surface area contributed by atoms with Crippen LogP contribution in [0.5, 0.6) is 0 Å². The van der Waals surface area contributed by atoms with Gasteiger partial charge in [0, 0.05) is 5.02 Å². The van der Waals surface area contributed by atoms with Crippen molar-refractivity contribution in [2.75, 3.05) is 0 Å². The van der Waals surface area contributed by atoms with E-state index < -0.39 is 0 Å². The molecule has 4 heteroatoms. The summed E-state index contributed by atoms with van der Waals surface area (Å²) < 4.78 is 1.49. The maximum Gasteiger partial charge on any atom is 0.279 e. The maximum absolute atomic E-state index is 12.5. The van der Waals surface area contributed by atoms with Crippen LogP contribution in [-0.2, 0) is 0 Å². The SMILES string of the molecule is C=c1[nH]n(-c2ccccc2)c(=O)/c1=C\c1ccc(Cl)cc1. The lowest BCUT2D eigenvalue weighted by molar-refractivity contribution is 0.838. The van der Waals surface area contributed by atoms with Gasteiger partial charge in [-0.05, 0) is 35.9 Å². The topological polar surface area (TPSA) is 37.8 Å². The Morgan fingerprint density at radius 1 is 1.05 bits per heavy atom. The molecule has 0 unspecified atom stereocenters. The minimum absolute atomic E-state index is 0.124. The summed E-state index contributed by atoms with van der Waals surface area (Å²) >= 11 is 5.86. The van der Waals surface area contributed by atoms with E-state index in [1.165, 1.54) is 4.68 Å². The molecule has 0 aliphatic carbocycles. The summed E-state index contributed by atoms with van der Waals surface area (Å²) in [5.74, 6) is 0. The van der Waals surface area contributed by atoms with Gasteiger partial charge in [-0.25, -0.2) is 4.68 Å². The standard InChI is InChI=1S/C17H13ClN2O/c1-12-16(11-13-7-9-14(18)10-8-13)17(21)20(19-12)15-5-3-2-4-6-15/h2-11,19H,1H2/b16-11-. The van der Waals surface area contributed by atoms with Crippen molar-refractivity contribution in [1.82, 2.24) is 9.78 Å². The van der Waals surface area contributed by atoms with Crippen LogP contribution in [0.2, 0.25) is 5.02 Å². The number of hydrogen-bond acceptors (Lipinski definition) is 1. The van der Waals surface area contributed by atoms with E-state index in [4.69, 9.17) is 11.6 Å². The third-order valence-corrected chi connectivity index (χ3v) is 3.45. The Balaban J connectivity index is 2.17. The van der Waals surface area contributed by atoms with Crippen LogP contribution < -0.4 is 16.1 Å². The molecule has 0 atom stereocenters. The Bertz CT molecular complexity index is 922. The summed E-state index contributed by atoms with van der Waals surface area (Å²) in [6, 6.07) is 16.7. The molecule has 3 rings (SSSR count). The van der Waals surface area contributed by atoms with Crippen molar-refractivity contribution < 1.29 is 0 Å². The fourth-order valence-electron chi connectivity index (χ4n) is 2.13. The lowest BCUT2D eigenvalue weighted by atomic mass is 10.2. The average Bonchev–Trinajstić information content (AvgIpc) is 2.78. The van der Waals surface area contributed by atoms with E-state index in [1.807, 2.05) is 42.5 Å². The molecule has 0 fully saturated rings. The van der Waals surface area contributed by atoms with Crippen LogP contribution in [0.3, 0.4) is 0 Å². The van der Waals surface area contributed by atoms with E-state index in [0.29, 0.717) is 15.6 Å². The van der Waals surface area contributed by atoms with Crippen LogP contribution in [0.4, 0.5) is 0 Å². The summed E-state index contributed by atoms with van der Waals surface area (Å²) in [5.41, 5.74) is 1.56. The molecule has 1 N–H and O–H groups in total. The molecule has 3 aromatic rings. The van der Waals surface area contributed by atoms with Gasteiger partial charge in [0.2, 0.25) is 0 Å². The smallest absolute Gasteiger partial charge is 0.279 e. The molecule has 0 aliphatic rings. The number of nitrogens with zero attached hydrogens (tertiary/aromatic N) is 1. The normalized spacial score (nSPS) is 11.8. The lowest BCUT2D eigenvalue weighted by Gasteiger charge is -1.98. The van der Waals surface area contributed by atoms with Crippen molar-refractivity contribution in [2.45, 2.75) is 0 Å². The van der Waals surface area contributed by atoms with Gasteiger partial charge in [0.05, 0.1) is 16.3 Å². The quantitative estimate of drug-likeness (QED) is 0.772. The lowest BCUT2D eigenvalue weighted by Crippen LogP contribution is -2.33. The zero-order valence-electron chi connectivity index (χ0n) is 11.2. The van der Waals surface area contributed by atoms with Gasteiger partial charge in [-0.3, -0.25) is 9.89 Å². The van der Waals surface area contributed by atoms with E-state index in [1.54, 1.807) is 18.2 Å². The van der Waals surface area contributed by atoms with Crippen LogP contribution in [-0.4, -0.2) is 9.78 Å². The first-order valence-corrected chi connectivity index (χ1v) is 6.85. The Kier molecular flexibility index (Phi) is 3.50. The van der Waals surface area contributed by atoms with Crippen LogP contribution in [0, 0.1) is 0 Å². The number of benzene rings is 2. The molecular weight excluding hydrogens is 284 g/mol. The third kappa shape index (κ3) is 2.69. The first-order chi connectivity index (χ1) is 10.1. The summed E-state index contributed by atoms with van der Waals surface area (Å²) in [7, 11) is 0. The molecule has 2 aromatic carbocycles. The Morgan fingerprint density at radius 2 is 1.71 bits per heavy atom. The highest BCUT2D eigenvalue weighted by molar-refractivity contribution is 6.30. The fraction of sp³-hybridized carbons (Fsp3) is 0. The van der Waals surface area contributed by atoms with Crippen molar-refractivity contribution in [3.63, 3.8) is 0 Å². The molecule has 104 valence electrons. The van der Waals surface area contributed by atoms with Crippen molar-refractivity contribution in [1.29, 1.82) is 0 Å². The largest absolute Gasteiger partial charge is 0.291 e. The number of hydrogen-bond donors (Lipinski definition) is 1. The number of aromatic amines is 1. The van der Waals surface area contributed by atoms with Gasteiger partial charge in [-0.2, -0.15) is 0 Å². The van der Waals surface area contributed by atoms with E-state index in [2.05, 4.69) is 11.7 Å². The van der Waals surface area contributed by atoms with Crippen molar-refractivity contribution >= 4 is 24.3 Å². The molecule has 0 saturated carbocycles. The van der Waals surface area contributed by atoms with Gasteiger partial charge in [0.25, 0.3) is 5.56 Å². The third-order valence-electron chi connectivity index (χ3n) is 3.20. The van der Waals surface area contributed by atoms with E-state index in [0.717, 1.165) is 11.3 Å². The summed E-state index contributed by atoms with van der Waals surface area (Å²) in [4.78, 5) is 12.5. The average molecular weight is 297 g/mol. The zero-order chi connectivity index (χ0) is 14.8. The molecule has 0 bridgehead atoms. The van der Waals surface area contributed by atoms with Crippen LogP contribution in [0.1, 0.15) is 5.56 Å². The van der Waals surface area contributed by atoms with E-state index >= 15 is 0 Å². The number of para-hydroxylation sites is 1. The van der Waals surface area contributed by atoms with Gasteiger partial charge in [0.1, 0.15) is 0 Å². The summed E-state index contributed by atoms with van der Waals surface area (Å²) in [6.07, 6.45) is 1.80. The molecule has 0 aliphatic heterocycles. The molecule has 1 aromatic heterocycles. The fourth-order valence-corrected chi connectivity index (χ4v) is 2.25. The first-order valence-electron chi connectivity index (χ1n) is 6.48. The maximum atomic E-state index is 12.5. The number of aromatic nitrogens is 2. The van der Waals surface area contributed by atoms with Gasteiger partial charge >= 0.3 is 0 Å². The predicted molar refractivity (Wildman–Crippen MR) is 86.2 cm³/mol. The summed E-state index contributed by atoms with van der Waals surface area (Å²) in [5, 5.41) is 4.79. The molecule has 0 radical (unpaired) electrons. The molecule has 0 saturated heterocycles. The number of nitrogens with one attached hydrogen (secondary N) is 1. The van der Waals surface area contributed by atoms with Crippen LogP contribution in [0.25, 0.3) is 18.3 Å². The summed E-state index contributed by atoms with van der Waals surface area (Å²) in [6.45, 7) is 3.91.